The molecule has 0 radical (unpaired) electrons. The molecule has 0 saturated carbocycles. The Morgan fingerprint density at radius 2 is 2.28 bits per heavy atom. The van der Waals surface area contributed by atoms with E-state index in [4.69, 9.17) is 5.73 Å². The zero-order valence-electron chi connectivity index (χ0n) is 10.3. The summed E-state index contributed by atoms with van der Waals surface area (Å²) < 4.78 is 4.65. The van der Waals surface area contributed by atoms with Crippen LogP contribution in [0.1, 0.15) is 12.5 Å². The van der Waals surface area contributed by atoms with Gasteiger partial charge >= 0.3 is 5.97 Å². The Balaban J connectivity index is 2.99. The second-order valence-electron chi connectivity index (χ2n) is 4.16. The first-order valence-electron chi connectivity index (χ1n) is 5.30. The summed E-state index contributed by atoms with van der Waals surface area (Å²) in [6, 6.07) is 4.60. The molecule has 1 aromatic rings. The topological polar surface area (TPSA) is 102 Å². The number of hydrogen-bond donors (Lipinski definition) is 3. The van der Waals surface area contributed by atoms with Crippen molar-refractivity contribution in [1.29, 1.82) is 0 Å². The molecule has 0 saturated heterocycles. The predicted octanol–water partition coefficient (Wildman–Crippen LogP) is 0.195. The smallest absolute Gasteiger partial charge is 0.331 e. The third kappa shape index (κ3) is 2.91. The summed E-state index contributed by atoms with van der Waals surface area (Å²) >= 11 is 0. The number of aromatic hydroxyl groups is 1. The minimum atomic E-state index is -1.17. The van der Waals surface area contributed by atoms with Crippen molar-refractivity contribution in [3.63, 3.8) is 0 Å². The van der Waals surface area contributed by atoms with Crippen LogP contribution >= 0.6 is 0 Å². The van der Waals surface area contributed by atoms with E-state index in [9.17, 15) is 14.7 Å². The molecule has 0 aromatic heterocycles. The van der Waals surface area contributed by atoms with E-state index in [1.165, 1.54) is 13.2 Å². The maximum absolute atomic E-state index is 11.7. The van der Waals surface area contributed by atoms with Crippen molar-refractivity contribution in [3.05, 3.63) is 23.8 Å². The van der Waals surface area contributed by atoms with Crippen molar-refractivity contribution in [3.8, 4) is 5.75 Å². The van der Waals surface area contributed by atoms with Crippen molar-refractivity contribution in [1.82, 2.24) is 5.32 Å². The summed E-state index contributed by atoms with van der Waals surface area (Å²) in [5, 5.41) is 11.7. The third-order valence-electron chi connectivity index (χ3n) is 2.66. The van der Waals surface area contributed by atoms with Gasteiger partial charge in [0.2, 0.25) is 6.41 Å². The number of nitrogens with one attached hydrogen (secondary N) is 1. The van der Waals surface area contributed by atoms with E-state index in [0.29, 0.717) is 12.0 Å². The summed E-state index contributed by atoms with van der Waals surface area (Å²) in [5.74, 6) is -0.580. The fourth-order valence-corrected chi connectivity index (χ4v) is 1.66. The molecule has 1 rings (SSSR count). The molecular formula is C12H16N2O4. The van der Waals surface area contributed by atoms with Crippen molar-refractivity contribution in [2.75, 3.05) is 12.8 Å². The summed E-state index contributed by atoms with van der Waals surface area (Å²) in [4.78, 5) is 22.2. The van der Waals surface area contributed by atoms with Crippen LogP contribution in [-0.4, -0.2) is 30.1 Å². The highest BCUT2D eigenvalue weighted by molar-refractivity contribution is 5.83. The van der Waals surface area contributed by atoms with Gasteiger partial charge in [-0.15, -0.1) is 0 Å². The maximum Gasteiger partial charge on any atom is 0.331 e. The number of amides is 1. The molecule has 1 amide bonds. The molecule has 18 heavy (non-hydrogen) atoms. The lowest BCUT2D eigenvalue weighted by atomic mass is 9.92. The number of esters is 1. The summed E-state index contributed by atoms with van der Waals surface area (Å²) in [6.07, 6.45) is 0.656. The van der Waals surface area contributed by atoms with Crippen LogP contribution in [0.25, 0.3) is 0 Å². The Hall–Kier alpha value is -2.24. The van der Waals surface area contributed by atoms with E-state index in [0.717, 1.165) is 0 Å². The number of anilines is 1. The average molecular weight is 252 g/mol. The quantitative estimate of drug-likeness (QED) is 0.300. The van der Waals surface area contributed by atoms with E-state index in [1.807, 2.05) is 0 Å². The summed E-state index contributed by atoms with van der Waals surface area (Å²) in [7, 11) is 1.25. The van der Waals surface area contributed by atoms with Gasteiger partial charge in [0.05, 0.1) is 12.8 Å². The Labute approximate surface area is 105 Å². The SMILES string of the molecule is COC(=O)[C@@](C)(Cc1ccc(O)c(N)c1)NC=O. The fraction of sp³-hybridized carbons (Fsp3) is 0.333. The van der Waals surface area contributed by atoms with Crippen molar-refractivity contribution >= 4 is 18.1 Å². The molecule has 0 bridgehead atoms. The minimum absolute atomic E-state index is 0.0260. The van der Waals surface area contributed by atoms with Gasteiger partial charge < -0.3 is 20.9 Å². The van der Waals surface area contributed by atoms with Gasteiger partial charge in [-0.3, -0.25) is 4.79 Å². The molecule has 98 valence electrons. The molecule has 0 heterocycles. The highest BCUT2D eigenvalue weighted by atomic mass is 16.5. The number of carbonyl (C=O) groups excluding carboxylic acids is 2. The zero-order chi connectivity index (χ0) is 13.8. The first-order chi connectivity index (χ1) is 8.42. The lowest BCUT2D eigenvalue weighted by Crippen LogP contribution is -2.51. The zero-order valence-corrected chi connectivity index (χ0v) is 10.3. The van der Waals surface area contributed by atoms with E-state index in [1.54, 1.807) is 19.1 Å². The van der Waals surface area contributed by atoms with Gasteiger partial charge in [-0.25, -0.2) is 4.79 Å². The van der Waals surface area contributed by atoms with Crippen LogP contribution in [0, 0.1) is 0 Å². The number of nitrogens with two attached hydrogens (primary N) is 1. The number of nitrogen functional groups attached to an aromatic ring is 1. The van der Waals surface area contributed by atoms with Crippen LogP contribution in [0.2, 0.25) is 0 Å². The monoisotopic (exact) mass is 252 g/mol. The lowest BCUT2D eigenvalue weighted by molar-refractivity contribution is -0.148. The number of ether oxygens (including phenoxy) is 1. The van der Waals surface area contributed by atoms with Crippen LogP contribution in [0.4, 0.5) is 5.69 Å². The Kier molecular flexibility index (Phi) is 4.14. The number of hydrogen-bond acceptors (Lipinski definition) is 5. The normalized spacial score (nSPS) is 13.4. The average Bonchev–Trinajstić information content (AvgIpc) is 2.33. The van der Waals surface area contributed by atoms with E-state index in [2.05, 4.69) is 10.1 Å². The van der Waals surface area contributed by atoms with Gasteiger partial charge in [0, 0.05) is 6.42 Å². The number of carbonyl (C=O) groups is 2. The Morgan fingerprint density at radius 3 is 2.78 bits per heavy atom. The van der Waals surface area contributed by atoms with Crippen molar-refractivity contribution < 1.29 is 19.4 Å². The van der Waals surface area contributed by atoms with Crippen LogP contribution in [0.3, 0.4) is 0 Å². The molecular weight excluding hydrogens is 236 g/mol. The number of phenols is 1. The Bertz CT molecular complexity index is 461. The van der Waals surface area contributed by atoms with Gasteiger partial charge in [-0.2, -0.15) is 0 Å². The third-order valence-corrected chi connectivity index (χ3v) is 2.66. The van der Waals surface area contributed by atoms with E-state index < -0.39 is 11.5 Å². The van der Waals surface area contributed by atoms with Gasteiger partial charge in [-0.1, -0.05) is 6.07 Å². The summed E-state index contributed by atoms with van der Waals surface area (Å²) in [5.41, 5.74) is 5.31. The van der Waals surface area contributed by atoms with Crippen molar-refractivity contribution in [2.24, 2.45) is 0 Å². The number of benzene rings is 1. The largest absolute Gasteiger partial charge is 0.506 e. The van der Waals surface area contributed by atoms with Crippen LogP contribution in [0.15, 0.2) is 18.2 Å². The van der Waals surface area contributed by atoms with Crippen LogP contribution in [-0.2, 0) is 20.7 Å². The fourth-order valence-electron chi connectivity index (χ4n) is 1.66. The van der Waals surface area contributed by atoms with Crippen LogP contribution < -0.4 is 11.1 Å². The van der Waals surface area contributed by atoms with E-state index >= 15 is 0 Å². The molecule has 0 aliphatic carbocycles. The molecule has 0 fully saturated rings. The van der Waals surface area contributed by atoms with Gasteiger partial charge in [0.1, 0.15) is 11.3 Å². The molecule has 1 atom stereocenters. The summed E-state index contributed by atoms with van der Waals surface area (Å²) in [6.45, 7) is 1.55. The second-order valence-corrected chi connectivity index (χ2v) is 4.16. The first kappa shape index (κ1) is 13.8. The Morgan fingerprint density at radius 1 is 1.61 bits per heavy atom. The van der Waals surface area contributed by atoms with Gasteiger partial charge in [0.15, 0.2) is 0 Å². The molecule has 0 unspecified atom stereocenters. The highest BCUT2D eigenvalue weighted by Crippen LogP contribution is 2.23. The first-order valence-corrected chi connectivity index (χ1v) is 5.30. The van der Waals surface area contributed by atoms with Gasteiger partial charge in [-0.05, 0) is 24.6 Å². The molecule has 0 aliphatic heterocycles. The second kappa shape index (κ2) is 5.39. The number of phenolic OH excluding ortho intramolecular Hbond substituents is 1. The molecule has 0 spiro atoms. The lowest BCUT2D eigenvalue weighted by Gasteiger charge is -2.26. The van der Waals surface area contributed by atoms with Crippen molar-refractivity contribution in [2.45, 2.75) is 18.9 Å². The van der Waals surface area contributed by atoms with Gasteiger partial charge in [0.25, 0.3) is 0 Å². The molecule has 6 nitrogen and oxygen atoms in total. The standard InChI is InChI=1S/C12H16N2O4/c1-12(14-7-15,11(17)18-2)6-8-3-4-10(16)9(13)5-8/h3-5,7,16H,6,13H2,1-2H3,(H,14,15)/t12-/m1/s1. The van der Waals surface area contributed by atoms with Crippen LogP contribution in [0.5, 0.6) is 5.75 Å². The molecule has 6 heteroatoms. The maximum atomic E-state index is 11.7. The molecule has 0 aliphatic rings. The number of methoxy groups -OCH3 is 1. The molecule has 1 aromatic carbocycles. The molecule has 4 N–H and O–H groups in total. The minimum Gasteiger partial charge on any atom is -0.506 e. The van der Waals surface area contributed by atoms with E-state index in [-0.39, 0.29) is 17.9 Å². The predicted molar refractivity (Wildman–Crippen MR) is 65.8 cm³/mol. The number of rotatable bonds is 5. The highest BCUT2D eigenvalue weighted by Gasteiger charge is 2.34.